The van der Waals surface area contributed by atoms with E-state index in [2.05, 4.69) is 43.6 Å². The Kier molecular flexibility index (Phi) is 9.73. The van der Waals surface area contributed by atoms with Gasteiger partial charge in [0.2, 0.25) is 0 Å². The summed E-state index contributed by atoms with van der Waals surface area (Å²) < 4.78 is 33.8. The first-order valence-corrected chi connectivity index (χ1v) is 20.0. The van der Waals surface area contributed by atoms with E-state index in [1.54, 1.807) is 20.1 Å². The number of rotatable bonds is 3. The summed E-state index contributed by atoms with van der Waals surface area (Å²) in [6, 6.07) is 10.6. The van der Waals surface area contributed by atoms with Crippen LogP contribution in [-0.4, -0.2) is 71.6 Å². The zero-order chi connectivity index (χ0) is 35.3. The molecule has 2 aromatic rings. The molecule has 1 spiro atoms. The van der Waals surface area contributed by atoms with Crippen LogP contribution in [-0.2, 0) is 26.5 Å². The van der Waals surface area contributed by atoms with Crippen molar-refractivity contribution in [3.63, 3.8) is 0 Å². The van der Waals surface area contributed by atoms with Crippen LogP contribution in [0.15, 0.2) is 52.9 Å². The number of nitrogens with zero attached hydrogens (tertiary/aromatic N) is 2. The molecule has 6 atom stereocenters. The second-order valence-corrected chi connectivity index (χ2v) is 18.1. The molecule has 3 amide bonds. The molecule has 3 aliphatic carbocycles. The van der Waals surface area contributed by atoms with Crippen LogP contribution in [0.2, 0.25) is 5.02 Å². The molecule has 2 aliphatic heterocycles. The number of aryl methyl sites for hydroxylation is 1. The SMILES string of the molecule is CO[C@H]1/C=C\C[C@H](C)CS(=O)(NC(=O)NC2CC(C)(O)C2)=NC(=O)c2ccc3c(c2)N(C[C@@H]2CC[C@H]21)C[C@@]1(CCCc2cc(Cl)ccc21)CO3. The average molecular weight is 725 g/mol. The molecule has 270 valence electrons. The first-order chi connectivity index (χ1) is 23.8. The van der Waals surface area contributed by atoms with Crippen molar-refractivity contribution in [3.05, 3.63) is 70.3 Å². The topological polar surface area (TPSA) is 130 Å². The summed E-state index contributed by atoms with van der Waals surface area (Å²) >= 11 is 6.45. The highest BCUT2D eigenvalue weighted by Gasteiger charge is 2.45. The Bertz CT molecular complexity index is 1800. The molecule has 0 aromatic heterocycles. The lowest BCUT2D eigenvalue weighted by molar-refractivity contribution is -0.0353. The van der Waals surface area contributed by atoms with Gasteiger partial charge in [0.05, 0.1) is 29.8 Å². The van der Waals surface area contributed by atoms with Crippen molar-refractivity contribution in [3.8, 4) is 5.75 Å². The van der Waals surface area contributed by atoms with Crippen LogP contribution in [0.3, 0.4) is 0 Å². The lowest BCUT2D eigenvalue weighted by Crippen LogP contribution is -2.56. The number of urea groups is 1. The number of fused-ring (bicyclic) bond motifs is 4. The van der Waals surface area contributed by atoms with Crippen molar-refractivity contribution in [2.45, 2.75) is 88.4 Å². The van der Waals surface area contributed by atoms with Crippen LogP contribution >= 0.6 is 11.6 Å². The van der Waals surface area contributed by atoms with E-state index >= 15 is 0 Å². The number of aliphatic hydroxyl groups is 1. The summed E-state index contributed by atoms with van der Waals surface area (Å²) in [4.78, 5) is 29.3. The normalized spacial score (nSPS) is 35.9. The van der Waals surface area contributed by atoms with Crippen molar-refractivity contribution < 1.29 is 28.4 Å². The van der Waals surface area contributed by atoms with E-state index in [0.29, 0.717) is 50.0 Å². The fourth-order valence-electron chi connectivity index (χ4n) is 8.83. The van der Waals surface area contributed by atoms with E-state index in [-0.39, 0.29) is 34.8 Å². The predicted octanol–water partition coefficient (Wildman–Crippen LogP) is 6.19. The summed E-state index contributed by atoms with van der Waals surface area (Å²) in [5.41, 5.74) is 2.53. The Morgan fingerprint density at radius 1 is 1.20 bits per heavy atom. The molecule has 2 heterocycles. The number of carbonyl (C=O) groups is 2. The number of hydrogen-bond donors (Lipinski definition) is 3. The highest BCUT2D eigenvalue weighted by atomic mass is 35.5. The molecule has 2 bridgehead atoms. The van der Waals surface area contributed by atoms with Gasteiger partial charge in [-0.15, -0.1) is 4.36 Å². The maximum atomic E-state index is 14.4. The second-order valence-electron chi connectivity index (χ2n) is 15.6. The first-order valence-electron chi connectivity index (χ1n) is 17.9. The average Bonchev–Trinajstić information content (AvgIpc) is 3.17. The minimum absolute atomic E-state index is 0.00525. The highest BCUT2D eigenvalue weighted by molar-refractivity contribution is 7.92. The van der Waals surface area contributed by atoms with E-state index in [1.807, 2.05) is 25.1 Å². The third kappa shape index (κ3) is 7.29. The number of halogens is 1. The summed E-state index contributed by atoms with van der Waals surface area (Å²) in [6.45, 7) is 5.64. The summed E-state index contributed by atoms with van der Waals surface area (Å²) in [6.07, 6.45) is 10.6. The lowest BCUT2D eigenvalue weighted by Gasteiger charge is -2.46. The van der Waals surface area contributed by atoms with Gasteiger partial charge < -0.3 is 24.8 Å². The van der Waals surface area contributed by atoms with Gasteiger partial charge in [-0.1, -0.05) is 36.7 Å². The predicted molar refractivity (Wildman–Crippen MR) is 195 cm³/mol. The van der Waals surface area contributed by atoms with Crippen LogP contribution < -0.4 is 19.7 Å². The van der Waals surface area contributed by atoms with Crippen LogP contribution in [0.4, 0.5) is 10.5 Å². The summed E-state index contributed by atoms with van der Waals surface area (Å²) in [5.74, 6) is 0.607. The zero-order valence-corrected chi connectivity index (χ0v) is 30.7. The molecular formula is C38H49ClN4O6S. The van der Waals surface area contributed by atoms with Gasteiger partial charge in [-0.05, 0) is 118 Å². The number of nitrogens with one attached hydrogen (secondary N) is 2. The minimum Gasteiger partial charge on any atom is -0.490 e. The number of benzene rings is 2. The molecule has 0 radical (unpaired) electrons. The van der Waals surface area contributed by atoms with Gasteiger partial charge in [0.15, 0.2) is 0 Å². The Hall–Kier alpha value is -3.12. The minimum atomic E-state index is -3.52. The van der Waals surface area contributed by atoms with E-state index in [9.17, 15) is 18.9 Å². The van der Waals surface area contributed by atoms with Gasteiger partial charge in [0, 0.05) is 42.2 Å². The molecule has 5 aliphatic rings. The van der Waals surface area contributed by atoms with Gasteiger partial charge in [-0.25, -0.2) is 9.00 Å². The van der Waals surface area contributed by atoms with Gasteiger partial charge in [-0.3, -0.25) is 9.52 Å². The smallest absolute Gasteiger partial charge is 0.327 e. The van der Waals surface area contributed by atoms with Gasteiger partial charge in [-0.2, -0.15) is 0 Å². The zero-order valence-electron chi connectivity index (χ0n) is 29.2. The third-order valence-electron chi connectivity index (χ3n) is 11.5. The van der Waals surface area contributed by atoms with E-state index in [0.717, 1.165) is 49.4 Å². The lowest BCUT2D eigenvalue weighted by atomic mass is 9.68. The molecule has 2 aromatic carbocycles. The van der Waals surface area contributed by atoms with Crippen molar-refractivity contribution in [2.24, 2.45) is 22.1 Å². The number of methoxy groups -OCH3 is 1. The summed E-state index contributed by atoms with van der Waals surface area (Å²) in [5, 5.41) is 13.6. The molecule has 50 heavy (non-hydrogen) atoms. The van der Waals surface area contributed by atoms with Crippen LogP contribution in [0.25, 0.3) is 0 Å². The monoisotopic (exact) mass is 724 g/mol. The summed E-state index contributed by atoms with van der Waals surface area (Å²) in [7, 11) is -1.76. The molecule has 2 fully saturated rings. The van der Waals surface area contributed by atoms with Gasteiger partial charge in [0.25, 0.3) is 5.91 Å². The van der Waals surface area contributed by atoms with E-state index in [4.69, 9.17) is 21.1 Å². The Labute approximate surface area is 300 Å². The number of amides is 3. The number of allylic oxidation sites excluding steroid dienone is 1. The van der Waals surface area contributed by atoms with Gasteiger partial charge >= 0.3 is 6.03 Å². The van der Waals surface area contributed by atoms with Crippen molar-refractivity contribution in [1.82, 2.24) is 10.0 Å². The number of hydrogen-bond acceptors (Lipinski definition) is 7. The van der Waals surface area contributed by atoms with Crippen molar-refractivity contribution in [1.29, 1.82) is 0 Å². The standard InChI is InChI=1S/C38H49ClN4O6S/c1-24-6-4-8-33(48-3)30-12-9-27(30)20-43-22-38(15-5-7-25-16-28(39)11-13-31(25)38)23-49-34-14-10-26(17-32(34)43)35(44)41-50(47,21-24)42-36(45)40-29-18-37(2,46)19-29/h4,8,10-11,13-14,16-17,24,27,29-30,33,46H,5-7,9,12,15,18-23H2,1-3H3,(H2,40,41,42,44,45,47)/b8-4-/t24-,27-,29?,30+,33-,37?,38-,50?/m0/s1. The molecule has 12 heteroatoms. The van der Waals surface area contributed by atoms with E-state index < -0.39 is 27.5 Å². The molecule has 10 nitrogen and oxygen atoms in total. The molecule has 3 N–H and O–H groups in total. The van der Waals surface area contributed by atoms with Crippen LogP contribution in [0.1, 0.15) is 80.3 Å². The second kappa shape index (κ2) is 13.8. The van der Waals surface area contributed by atoms with Crippen molar-refractivity contribution in [2.75, 3.05) is 37.5 Å². The molecule has 7 rings (SSSR count). The first kappa shape index (κ1) is 35.3. The Balaban J connectivity index is 1.26. The third-order valence-corrected chi connectivity index (χ3v) is 13.7. The Morgan fingerprint density at radius 2 is 2.02 bits per heavy atom. The number of carbonyl (C=O) groups excluding carboxylic acids is 2. The molecular weight excluding hydrogens is 676 g/mol. The van der Waals surface area contributed by atoms with E-state index in [1.165, 1.54) is 11.1 Å². The highest BCUT2D eigenvalue weighted by Crippen LogP contribution is 2.47. The molecule has 0 saturated heterocycles. The number of anilines is 1. The number of ether oxygens (including phenoxy) is 2. The van der Waals surface area contributed by atoms with Gasteiger partial charge in [0.1, 0.15) is 15.7 Å². The fraction of sp³-hybridized carbons (Fsp3) is 0.579. The fourth-order valence-corrected chi connectivity index (χ4v) is 10.9. The van der Waals surface area contributed by atoms with Crippen LogP contribution in [0, 0.1) is 17.8 Å². The largest absolute Gasteiger partial charge is 0.490 e. The Morgan fingerprint density at radius 3 is 2.76 bits per heavy atom. The quantitative estimate of drug-likeness (QED) is 0.322. The molecule has 1 unspecified atom stereocenters. The van der Waals surface area contributed by atoms with Crippen molar-refractivity contribution >= 4 is 39.1 Å². The van der Waals surface area contributed by atoms with Crippen LogP contribution in [0.5, 0.6) is 5.75 Å². The molecule has 2 saturated carbocycles. The maximum absolute atomic E-state index is 14.4. The maximum Gasteiger partial charge on any atom is 0.327 e.